The Morgan fingerprint density at radius 1 is 0.222 bits per heavy atom. The Balaban J connectivity index is 1.25. The van der Waals surface area contributed by atoms with Crippen LogP contribution in [0.3, 0.4) is 0 Å². The van der Waals surface area contributed by atoms with Crippen LogP contribution in [0, 0.1) is 45.3 Å². The molecule has 0 bridgehead atoms. The van der Waals surface area contributed by atoms with Crippen LogP contribution in [-0.2, 0) is 0 Å². The first-order valence-electron chi connectivity index (χ1n) is 23.6. The largest absolute Gasteiger partial charge is 0.308 e. The van der Waals surface area contributed by atoms with Crippen molar-refractivity contribution in [3.63, 3.8) is 0 Å². The normalized spacial score (nSPS) is 11.6. The summed E-state index contributed by atoms with van der Waals surface area (Å²) >= 11 is 0. The molecule has 4 aromatic heterocycles. The summed E-state index contributed by atoms with van der Waals surface area (Å²) in [5.41, 5.74) is 9.74. The van der Waals surface area contributed by atoms with E-state index in [1.165, 1.54) is 0 Å². The monoisotopic (exact) mass is 914 g/mol. The third-order valence-corrected chi connectivity index (χ3v) is 14.6. The van der Waals surface area contributed by atoms with Crippen LogP contribution < -0.4 is 0 Å². The summed E-state index contributed by atoms with van der Waals surface area (Å²) in [5.74, 6) is 0. The van der Waals surface area contributed by atoms with E-state index in [-0.39, 0.29) is 33.4 Å². The van der Waals surface area contributed by atoms with E-state index in [1.807, 2.05) is 158 Å². The summed E-state index contributed by atoms with van der Waals surface area (Å²) in [4.78, 5) is 0. The fraction of sp³-hybridized carbons (Fsp3) is 0. The molecule has 0 aliphatic carbocycles. The minimum Gasteiger partial charge on any atom is -0.308 e. The fourth-order valence-electron chi connectivity index (χ4n) is 11.7. The van der Waals surface area contributed by atoms with E-state index in [0.717, 1.165) is 87.2 Å². The molecule has 0 unspecified atom stereocenters. The van der Waals surface area contributed by atoms with Crippen molar-refractivity contribution in [1.82, 2.24) is 18.3 Å². The summed E-state index contributed by atoms with van der Waals surface area (Å²) in [5, 5.41) is 56.0. The first-order chi connectivity index (χ1) is 35.6. The van der Waals surface area contributed by atoms with Crippen LogP contribution in [0.25, 0.3) is 121 Å². The predicted molar refractivity (Wildman–Crippen MR) is 288 cm³/mol. The SMILES string of the molecule is N#Cc1c(-n2c3ccccc3c3ccccc32)cc(-n2c3ccccc3c3ccccc32)c(C#N)c1-c1c(C#N)c(-n2c3ccccc3c3ccccc32)cc(-n2c3ccccc3c3ccccc32)c1C#N. The van der Waals surface area contributed by atoms with Crippen LogP contribution in [0.5, 0.6) is 0 Å². The molecule has 0 saturated carbocycles. The van der Waals surface area contributed by atoms with Gasteiger partial charge in [-0.3, -0.25) is 0 Å². The van der Waals surface area contributed by atoms with E-state index in [9.17, 15) is 21.0 Å². The van der Waals surface area contributed by atoms with E-state index in [2.05, 4.69) is 91.1 Å². The molecule has 8 nitrogen and oxygen atoms in total. The zero-order valence-corrected chi connectivity index (χ0v) is 38.2. The topological polar surface area (TPSA) is 115 Å². The molecule has 10 aromatic carbocycles. The molecule has 14 rings (SSSR count). The van der Waals surface area contributed by atoms with Gasteiger partial charge < -0.3 is 18.3 Å². The molecule has 0 aliphatic heterocycles. The molecule has 0 spiro atoms. The number of fused-ring (bicyclic) bond motifs is 12. The lowest BCUT2D eigenvalue weighted by Gasteiger charge is -2.24. The molecule has 0 saturated heterocycles. The minimum absolute atomic E-state index is 0.142. The first kappa shape index (κ1) is 40.4. The zero-order valence-electron chi connectivity index (χ0n) is 38.2. The van der Waals surface area contributed by atoms with E-state index < -0.39 is 0 Å². The molecule has 8 heteroatoms. The standard InChI is InChI=1S/C64H34N8/c65-35-47-59(69-51-25-9-1-17-39(51)40-18-2-10-26-52(40)69)33-60(70-53-27-11-3-19-41(53)42-20-4-12-28-54(42)70)48(36-66)63(47)64-49(37-67)61(71-55-29-13-5-21-43(55)44-22-6-14-30-56(44)71)34-62(50(64)38-68)72-57-31-15-7-23-45(57)46-24-8-16-32-58(46)72/h1-34H. The summed E-state index contributed by atoms with van der Waals surface area (Å²) in [7, 11) is 0. The summed E-state index contributed by atoms with van der Waals surface area (Å²) in [6, 6.07) is 79.2. The van der Waals surface area contributed by atoms with Gasteiger partial charge in [0, 0.05) is 54.2 Å². The van der Waals surface area contributed by atoms with Crippen molar-refractivity contribution >= 4 is 87.2 Å². The maximum absolute atomic E-state index is 12.0. The van der Waals surface area contributed by atoms with Gasteiger partial charge in [0.1, 0.15) is 24.3 Å². The molecule has 0 atom stereocenters. The number of hydrogen-bond acceptors (Lipinski definition) is 4. The van der Waals surface area contributed by atoms with Crippen LogP contribution in [-0.4, -0.2) is 18.3 Å². The Kier molecular flexibility index (Phi) is 8.67. The predicted octanol–water partition coefficient (Wildman–Crippen LogP) is 15.2. The van der Waals surface area contributed by atoms with Crippen LogP contribution >= 0.6 is 0 Å². The number of nitrogens with zero attached hydrogens (tertiary/aromatic N) is 8. The van der Waals surface area contributed by atoms with Crippen molar-refractivity contribution in [3.8, 4) is 58.2 Å². The van der Waals surface area contributed by atoms with Crippen molar-refractivity contribution in [3.05, 3.63) is 229 Å². The Morgan fingerprint density at radius 2 is 0.375 bits per heavy atom. The fourth-order valence-corrected chi connectivity index (χ4v) is 11.7. The zero-order chi connectivity index (χ0) is 48.2. The van der Waals surface area contributed by atoms with Gasteiger partial charge in [-0.15, -0.1) is 0 Å². The number of aromatic nitrogens is 4. The second-order valence-corrected chi connectivity index (χ2v) is 18.0. The molecule has 330 valence electrons. The third kappa shape index (κ3) is 5.41. The van der Waals surface area contributed by atoms with Crippen molar-refractivity contribution in [2.75, 3.05) is 0 Å². The number of benzene rings is 10. The quantitative estimate of drug-likeness (QED) is 0.171. The summed E-state index contributed by atoms with van der Waals surface area (Å²) in [6.45, 7) is 0. The third-order valence-electron chi connectivity index (χ3n) is 14.6. The molecule has 0 N–H and O–H groups in total. The molecule has 72 heavy (non-hydrogen) atoms. The minimum atomic E-state index is 0.142. The molecular formula is C64H34N8. The Morgan fingerprint density at radius 3 is 0.528 bits per heavy atom. The Hall–Kier alpha value is -10.6. The van der Waals surface area contributed by atoms with Gasteiger partial charge in [-0.25, -0.2) is 0 Å². The molecule has 0 amide bonds. The number of nitriles is 4. The number of rotatable bonds is 5. The van der Waals surface area contributed by atoms with Crippen LogP contribution in [0.15, 0.2) is 206 Å². The lowest BCUT2D eigenvalue weighted by molar-refractivity contribution is 1.11. The van der Waals surface area contributed by atoms with Gasteiger partial charge in [-0.1, -0.05) is 146 Å². The highest BCUT2D eigenvalue weighted by Crippen LogP contribution is 2.48. The maximum atomic E-state index is 12.0. The maximum Gasteiger partial charge on any atom is 0.102 e. The second kappa shape index (κ2) is 15.4. The average molecular weight is 915 g/mol. The highest BCUT2D eigenvalue weighted by molar-refractivity contribution is 6.14. The highest BCUT2D eigenvalue weighted by Gasteiger charge is 2.33. The molecule has 14 aromatic rings. The van der Waals surface area contributed by atoms with Crippen LogP contribution in [0.1, 0.15) is 22.3 Å². The summed E-state index contributed by atoms with van der Waals surface area (Å²) < 4.78 is 8.37. The van der Waals surface area contributed by atoms with E-state index in [0.29, 0.717) is 22.7 Å². The molecule has 0 aliphatic rings. The average Bonchev–Trinajstić information content (AvgIpc) is 4.17. The Labute approximate surface area is 411 Å². The molecule has 0 fully saturated rings. The second-order valence-electron chi connectivity index (χ2n) is 18.0. The van der Waals surface area contributed by atoms with Gasteiger partial charge >= 0.3 is 0 Å². The van der Waals surface area contributed by atoms with Crippen LogP contribution in [0.4, 0.5) is 0 Å². The molecule has 0 radical (unpaired) electrons. The van der Waals surface area contributed by atoms with E-state index in [4.69, 9.17) is 0 Å². The number of para-hydroxylation sites is 8. The van der Waals surface area contributed by atoms with Crippen molar-refractivity contribution in [1.29, 1.82) is 21.0 Å². The van der Waals surface area contributed by atoms with Crippen molar-refractivity contribution in [2.45, 2.75) is 0 Å². The van der Waals surface area contributed by atoms with Gasteiger partial charge in [-0.2, -0.15) is 21.0 Å². The molecular weight excluding hydrogens is 881 g/mol. The van der Waals surface area contributed by atoms with Crippen molar-refractivity contribution in [2.24, 2.45) is 0 Å². The van der Waals surface area contributed by atoms with Gasteiger partial charge in [-0.05, 0) is 60.7 Å². The number of hydrogen-bond donors (Lipinski definition) is 0. The lowest BCUT2D eigenvalue weighted by atomic mass is 9.85. The first-order valence-corrected chi connectivity index (χ1v) is 23.6. The van der Waals surface area contributed by atoms with Crippen molar-refractivity contribution < 1.29 is 0 Å². The Bertz CT molecular complexity index is 4050. The highest BCUT2D eigenvalue weighted by atomic mass is 15.0. The molecule has 4 heterocycles. The van der Waals surface area contributed by atoms with Gasteiger partial charge in [0.15, 0.2) is 0 Å². The van der Waals surface area contributed by atoms with Crippen LogP contribution in [0.2, 0.25) is 0 Å². The van der Waals surface area contributed by atoms with Gasteiger partial charge in [0.25, 0.3) is 0 Å². The summed E-state index contributed by atoms with van der Waals surface area (Å²) in [6.07, 6.45) is 0. The van der Waals surface area contributed by atoms with E-state index >= 15 is 0 Å². The smallest absolute Gasteiger partial charge is 0.102 e. The van der Waals surface area contributed by atoms with Gasteiger partial charge in [0.2, 0.25) is 0 Å². The van der Waals surface area contributed by atoms with E-state index in [1.54, 1.807) is 0 Å². The lowest BCUT2D eigenvalue weighted by Crippen LogP contribution is -2.11. The van der Waals surface area contributed by atoms with Gasteiger partial charge in [0.05, 0.1) is 89.1 Å².